The molecule has 0 bridgehead atoms. The maximum Gasteiger partial charge on any atom is 0.227 e. The summed E-state index contributed by atoms with van der Waals surface area (Å²) in [7, 11) is 0. The first-order chi connectivity index (χ1) is 14.1. The summed E-state index contributed by atoms with van der Waals surface area (Å²) < 4.78 is 0. The Morgan fingerprint density at radius 1 is 1.28 bits per heavy atom. The lowest BCUT2D eigenvalue weighted by molar-refractivity contribution is -0.123. The van der Waals surface area contributed by atoms with Gasteiger partial charge in [0.1, 0.15) is 5.01 Å². The first-order valence-electron chi connectivity index (χ1n) is 9.64. The molecule has 29 heavy (non-hydrogen) atoms. The van der Waals surface area contributed by atoms with Crippen molar-refractivity contribution in [3.05, 3.63) is 64.7 Å². The second kappa shape index (κ2) is 8.53. The number of hydrogen-bond donors (Lipinski definition) is 2. The SMILES string of the molecule is CC(NC(=O)CCC1Cc2ccccc2NC1=O)c1nc(-c2ccncc2)cs1. The summed E-state index contributed by atoms with van der Waals surface area (Å²) in [5, 5.41) is 8.77. The summed E-state index contributed by atoms with van der Waals surface area (Å²) >= 11 is 1.52. The predicted molar refractivity (Wildman–Crippen MR) is 113 cm³/mol. The minimum Gasteiger partial charge on any atom is -0.347 e. The Morgan fingerprint density at radius 2 is 2.07 bits per heavy atom. The molecular formula is C22H22N4O2S. The number of nitrogens with one attached hydrogen (secondary N) is 2. The van der Waals surface area contributed by atoms with E-state index in [0.717, 1.165) is 27.5 Å². The number of carbonyl (C=O) groups is 2. The van der Waals surface area contributed by atoms with Crippen molar-refractivity contribution in [2.24, 2.45) is 5.92 Å². The Morgan fingerprint density at radius 3 is 2.90 bits per heavy atom. The number of fused-ring (bicyclic) bond motifs is 1. The number of hydrogen-bond acceptors (Lipinski definition) is 5. The molecule has 2 aromatic heterocycles. The Balaban J connectivity index is 1.31. The van der Waals surface area contributed by atoms with Crippen LogP contribution in [0.3, 0.4) is 0 Å². The number of nitrogens with zero attached hydrogens (tertiary/aromatic N) is 2. The highest BCUT2D eigenvalue weighted by Gasteiger charge is 2.26. The Hall–Kier alpha value is -3.06. The summed E-state index contributed by atoms with van der Waals surface area (Å²) in [6.45, 7) is 1.93. The lowest BCUT2D eigenvalue weighted by atomic mass is 9.89. The fourth-order valence-electron chi connectivity index (χ4n) is 3.47. The topological polar surface area (TPSA) is 84.0 Å². The van der Waals surface area contributed by atoms with E-state index < -0.39 is 0 Å². The van der Waals surface area contributed by atoms with E-state index in [9.17, 15) is 9.59 Å². The van der Waals surface area contributed by atoms with E-state index in [-0.39, 0.29) is 23.8 Å². The van der Waals surface area contributed by atoms with Gasteiger partial charge in [0.05, 0.1) is 11.7 Å². The molecule has 3 aromatic rings. The number of aromatic nitrogens is 2. The van der Waals surface area contributed by atoms with Crippen LogP contribution in [0.25, 0.3) is 11.3 Å². The molecule has 2 atom stereocenters. The van der Waals surface area contributed by atoms with Crippen LogP contribution in [0, 0.1) is 5.92 Å². The van der Waals surface area contributed by atoms with E-state index in [0.29, 0.717) is 19.3 Å². The Bertz CT molecular complexity index is 1020. The molecule has 2 amide bonds. The molecule has 7 heteroatoms. The minimum absolute atomic E-state index is 0.00790. The summed E-state index contributed by atoms with van der Waals surface area (Å²) in [5.41, 5.74) is 3.88. The van der Waals surface area contributed by atoms with Crippen molar-refractivity contribution in [2.45, 2.75) is 32.2 Å². The van der Waals surface area contributed by atoms with Gasteiger partial charge in [-0.3, -0.25) is 14.6 Å². The molecule has 2 unspecified atom stereocenters. The van der Waals surface area contributed by atoms with Crippen molar-refractivity contribution in [1.82, 2.24) is 15.3 Å². The molecule has 1 aliphatic rings. The first kappa shape index (κ1) is 19.3. The molecule has 0 aliphatic carbocycles. The van der Waals surface area contributed by atoms with E-state index in [1.807, 2.05) is 48.7 Å². The highest BCUT2D eigenvalue weighted by Crippen LogP contribution is 2.28. The smallest absolute Gasteiger partial charge is 0.227 e. The zero-order valence-electron chi connectivity index (χ0n) is 16.1. The third kappa shape index (κ3) is 4.51. The van der Waals surface area contributed by atoms with Gasteiger partial charge < -0.3 is 10.6 Å². The molecule has 6 nitrogen and oxygen atoms in total. The highest BCUT2D eigenvalue weighted by atomic mass is 32.1. The minimum atomic E-state index is -0.177. The fourth-order valence-corrected chi connectivity index (χ4v) is 4.30. The number of carbonyl (C=O) groups excluding carboxylic acids is 2. The molecule has 1 aliphatic heterocycles. The summed E-state index contributed by atoms with van der Waals surface area (Å²) in [5.74, 6) is -0.250. The summed E-state index contributed by atoms with van der Waals surface area (Å²) in [4.78, 5) is 33.4. The van der Waals surface area contributed by atoms with Gasteiger partial charge in [-0.15, -0.1) is 11.3 Å². The molecule has 4 rings (SSSR count). The number of amides is 2. The van der Waals surface area contributed by atoms with Crippen molar-refractivity contribution < 1.29 is 9.59 Å². The molecule has 0 saturated heterocycles. The predicted octanol–water partition coefficient (Wildman–Crippen LogP) is 3.97. The second-order valence-electron chi connectivity index (χ2n) is 7.18. The zero-order valence-corrected chi connectivity index (χ0v) is 16.9. The van der Waals surface area contributed by atoms with Crippen LogP contribution in [0.4, 0.5) is 5.69 Å². The fraction of sp³-hybridized carbons (Fsp3) is 0.273. The lowest BCUT2D eigenvalue weighted by Crippen LogP contribution is -2.32. The largest absolute Gasteiger partial charge is 0.347 e. The van der Waals surface area contributed by atoms with Crippen LogP contribution in [0.2, 0.25) is 0 Å². The van der Waals surface area contributed by atoms with Gasteiger partial charge in [-0.2, -0.15) is 0 Å². The van der Waals surface area contributed by atoms with Gasteiger partial charge in [-0.25, -0.2) is 4.98 Å². The van der Waals surface area contributed by atoms with E-state index in [1.165, 1.54) is 11.3 Å². The Kier molecular flexibility index (Phi) is 5.67. The van der Waals surface area contributed by atoms with Crippen molar-refractivity contribution >= 4 is 28.8 Å². The molecule has 3 heterocycles. The van der Waals surface area contributed by atoms with Crippen molar-refractivity contribution in [3.8, 4) is 11.3 Å². The molecule has 0 saturated carbocycles. The van der Waals surface area contributed by atoms with Gasteiger partial charge in [0.25, 0.3) is 0 Å². The van der Waals surface area contributed by atoms with Crippen LogP contribution in [0.1, 0.15) is 36.4 Å². The van der Waals surface area contributed by atoms with Crippen molar-refractivity contribution in [2.75, 3.05) is 5.32 Å². The van der Waals surface area contributed by atoms with Crippen molar-refractivity contribution in [3.63, 3.8) is 0 Å². The highest BCUT2D eigenvalue weighted by molar-refractivity contribution is 7.10. The maximum atomic E-state index is 12.4. The Labute approximate surface area is 173 Å². The average Bonchev–Trinajstić information content (AvgIpc) is 3.23. The van der Waals surface area contributed by atoms with Crippen LogP contribution < -0.4 is 10.6 Å². The molecule has 2 N–H and O–H groups in total. The standard InChI is InChI=1S/C22H22N4O2S/c1-14(22-26-19(13-29-22)15-8-10-23-11-9-15)24-20(27)7-6-17-12-16-4-2-3-5-18(16)25-21(17)28/h2-5,8-11,13-14,17H,6-7,12H2,1H3,(H,24,27)(H,25,28). The van der Waals surface area contributed by atoms with E-state index in [1.54, 1.807) is 12.4 Å². The van der Waals surface area contributed by atoms with E-state index in [2.05, 4.69) is 20.6 Å². The van der Waals surface area contributed by atoms with Gasteiger partial charge in [0.15, 0.2) is 0 Å². The molecule has 148 valence electrons. The van der Waals surface area contributed by atoms with Gasteiger partial charge in [0, 0.05) is 41.4 Å². The van der Waals surface area contributed by atoms with Crippen LogP contribution in [-0.4, -0.2) is 21.8 Å². The summed E-state index contributed by atoms with van der Waals surface area (Å²) in [6.07, 6.45) is 4.98. The number of benzene rings is 1. The quantitative estimate of drug-likeness (QED) is 0.649. The van der Waals surface area contributed by atoms with E-state index in [4.69, 9.17) is 0 Å². The number of rotatable bonds is 6. The molecule has 0 radical (unpaired) electrons. The maximum absolute atomic E-state index is 12.4. The van der Waals surface area contributed by atoms with Gasteiger partial charge in [-0.1, -0.05) is 18.2 Å². The third-order valence-electron chi connectivity index (χ3n) is 5.08. The average molecular weight is 407 g/mol. The number of thiazole rings is 1. The van der Waals surface area contributed by atoms with Gasteiger partial charge in [-0.05, 0) is 43.5 Å². The molecule has 0 spiro atoms. The monoisotopic (exact) mass is 406 g/mol. The van der Waals surface area contributed by atoms with Crippen LogP contribution in [0.5, 0.6) is 0 Å². The first-order valence-corrected chi connectivity index (χ1v) is 10.5. The van der Waals surface area contributed by atoms with Crippen LogP contribution >= 0.6 is 11.3 Å². The molecule has 1 aromatic carbocycles. The molecule has 0 fully saturated rings. The van der Waals surface area contributed by atoms with Gasteiger partial charge in [0.2, 0.25) is 11.8 Å². The normalized spacial score (nSPS) is 16.6. The second-order valence-corrected chi connectivity index (χ2v) is 8.07. The summed E-state index contributed by atoms with van der Waals surface area (Å²) in [6, 6.07) is 11.5. The van der Waals surface area contributed by atoms with Gasteiger partial charge >= 0.3 is 0 Å². The van der Waals surface area contributed by atoms with E-state index >= 15 is 0 Å². The third-order valence-corrected chi connectivity index (χ3v) is 6.11. The number of para-hydroxylation sites is 1. The number of anilines is 1. The van der Waals surface area contributed by atoms with Crippen molar-refractivity contribution in [1.29, 1.82) is 0 Å². The lowest BCUT2D eigenvalue weighted by Gasteiger charge is -2.24. The van der Waals surface area contributed by atoms with Crippen LogP contribution in [0.15, 0.2) is 54.2 Å². The van der Waals surface area contributed by atoms with Crippen LogP contribution in [-0.2, 0) is 16.0 Å². The molecular weight excluding hydrogens is 384 g/mol. The number of pyridine rings is 1. The zero-order chi connectivity index (χ0) is 20.2.